The van der Waals surface area contributed by atoms with Crippen LogP contribution in [0.15, 0.2) is 33.9 Å². The van der Waals surface area contributed by atoms with Gasteiger partial charge in [0.05, 0.1) is 12.1 Å². The number of hydrogen-bond acceptors (Lipinski definition) is 4. The molecule has 3 rings (SSSR count). The molecule has 1 fully saturated rings. The third-order valence-corrected chi connectivity index (χ3v) is 4.54. The summed E-state index contributed by atoms with van der Waals surface area (Å²) in [6.07, 6.45) is 3.27. The lowest BCUT2D eigenvalue weighted by Gasteiger charge is -2.01. The Bertz CT molecular complexity index is 697. The molecule has 0 radical (unpaired) electrons. The summed E-state index contributed by atoms with van der Waals surface area (Å²) in [6.45, 7) is 4.22. The Morgan fingerprint density at radius 2 is 2.09 bits per heavy atom. The van der Waals surface area contributed by atoms with E-state index in [1.807, 2.05) is 19.9 Å². The second kappa shape index (κ2) is 6.06. The second-order valence-corrected chi connectivity index (χ2v) is 7.14. The molecule has 23 heavy (non-hydrogen) atoms. The largest absolute Gasteiger partial charge is 0.454 e. The van der Waals surface area contributed by atoms with Gasteiger partial charge in [0.15, 0.2) is 11.5 Å². The molecule has 0 bridgehead atoms. The SMILES string of the molecule is CC1(C)[C@H](C=C(Cl)Cl)[C@H]1C(=O)NN=Cc1ccc2c(c1)OCO2. The summed E-state index contributed by atoms with van der Waals surface area (Å²) in [6, 6.07) is 5.44. The minimum absolute atomic E-state index is 0.0215. The van der Waals surface area contributed by atoms with Gasteiger partial charge in [-0.3, -0.25) is 4.79 Å². The molecule has 1 amide bonds. The van der Waals surface area contributed by atoms with Gasteiger partial charge in [-0.05, 0) is 41.2 Å². The Hall–Kier alpha value is -1.72. The van der Waals surface area contributed by atoms with E-state index < -0.39 is 0 Å². The van der Waals surface area contributed by atoms with Crippen molar-refractivity contribution in [1.82, 2.24) is 5.43 Å². The number of benzene rings is 1. The van der Waals surface area contributed by atoms with E-state index in [0.29, 0.717) is 11.5 Å². The first-order valence-corrected chi connectivity index (χ1v) is 7.90. The van der Waals surface area contributed by atoms with Crippen LogP contribution in [0, 0.1) is 17.3 Å². The van der Waals surface area contributed by atoms with Crippen LogP contribution in [0.1, 0.15) is 19.4 Å². The van der Waals surface area contributed by atoms with Crippen molar-refractivity contribution in [2.75, 3.05) is 6.79 Å². The zero-order chi connectivity index (χ0) is 16.6. The maximum atomic E-state index is 12.2. The smallest absolute Gasteiger partial charge is 0.244 e. The third-order valence-electron chi connectivity index (χ3n) is 4.28. The molecule has 1 heterocycles. The Labute approximate surface area is 144 Å². The van der Waals surface area contributed by atoms with Crippen LogP contribution in [0.4, 0.5) is 0 Å². The van der Waals surface area contributed by atoms with Gasteiger partial charge in [0.25, 0.3) is 0 Å². The summed E-state index contributed by atoms with van der Waals surface area (Å²) in [5, 5.41) is 4.00. The zero-order valence-corrected chi connectivity index (χ0v) is 14.2. The number of rotatable bonds is 4. The number of nitrogens with one attached hydrogen (secondary N) is 1. The lowest BCUT2D eigenvalue weighted by atomic mass is 10.1. The number of hydrazone groups is 1. The number of nitrogens with zero attached hydrogens (tertiary/aromatic N) is 1. The number of carbonyl (C=O) groups excluding carboxylic acids is 1. The maximum absolute atomic E-state index is 12.2. The van der Waals surface area contributed by atoms with Crippen LogP contribution in [0.25, 0.3) is 0 Å². The molecule has 122 valence electrons. The van der Waals surface area contributed by atoms with Crippen molar-refractivity contribution >= 4 is 35.3 Å². The summed E-state index contributed by atoms with van der Waals surface area (Å²) in [5.41, 5.74) is 3.20. The Kier molecular flexibility index (Phi) is 4.25. The van der Waals surface area contributed by atoms with E-state index in [1.54, 1.807) is 24.4 Å². The number of fused-ring (bicyclic) bond motifs is 1. The molecular weight excluding hydrogens is 339 g/mol. The lowest BCUT2D eigenvalue weighted by Crippen LogP contribution is -2.21. The van der Waals surface area contributed by atoms with Crippen molar-refractivity contribution in [3.8, 4) is 11.5 Å². The standard InChI is InChI=1S/C16H16Cl2N2O3/c1-16(2)10(6-13(17)18)14(16)15(21)20-19-7-9-3-4-11-12(5-9)23-8-22-11/h3-7,10,14H,8H2,1-2H3,(H,20,21)/t10-,14+/m1/s1. The van der Waals surface area contributed by atoms with E-state index in [-0.39, 0.29) is 34.4 Å². The highest BCUT2D eigenvalue weighted by Crippen LogP contribution is 2.59. The number of halogens is 2. The predicted molar refractivity (Wildman–Crippen MR) is 88.9 cm³/mol. The fourth-order valence-electron chi connectivity index (χ4n) is 2.86. The van der Waals surface area contributed by atoms with Gasteiger partial charge in [0.2, 0.25) is 12.7 Å². The maximum Gasteiger partial charge on any atom is 0.244 e. The molecule has 1 N–H and O–H groups in total. The molecule has 0 unspecified atom stereocenters. The van der Waals surface area contributed by atoms with Crippen molar-refractivity contribution in [2.45, 2.75) is 13.8 Å². The fraction of sp³-hybridized carbons (Fsp3) is 0.375. The Balaban J connectivity index is 1.60. The summed E-state index contributed by atoms with van der Waals surface area (Å²) in [4.78, 5) is 12.2. The van der Waals surface area contributed by atoms with Gasteiger partial charge < -0.3 is 9.47 Å². The summed E-state index contributed by atoms with van der Waals surface area (Å²) >= 11 is 11.4. The minimum Gasteiger partial charge on any atom is -0.454 e. The molecule has 1 aromatic rings. The van der Waals surface area contributed by atoms with Crippen LogP contribution in [-0.2, 0) is 4.79 Å². The van der Waals surface area contributed by atoms with Crippen molar-refractivity contribution in [3.63, 3.8) is 0 Å². The highest BCUT2D eigenvalue weighted by atomic mass is 35.5. The Morgan fingerprint density at radius 3 is 2.83 bits per heavy atom. The average Bonchev–Trinajstić information content (AvgIpc) is 2.85. The molecular formula is C16H16Cl2N2O3. The average molecular weight is 355 g/mol. The van der Waals surface area contributed by atoms with Crippen LogP contribution < -0.4 is 14.9 Å². The van der Waals surface area contributed by atoms with Crippen LogP contribution in [-0.4, -0.2) is 18.9 Å². The summed E-state index contributed by atoms with van der Waals surface area (Å²) in [7, 11) is 0. The highest BCUT2D eigenvalue weighted by molar-refractivity contribution is 6.55. The number of ether oxygens (including phenoxy) is 2. The molecule has 1 aliphatic heterocycles. The second-order valence-electron chi connectivity index (χ2n) is 6.13. The predicted octanol–water partition coefficient (Wildman–Crippen LogP) is 3.46. The molecule has 1 aliphatic carbocycles. The molecule has 0 saturated heterocycles. The quantitative estimate of drug-likeness (QED) is 0.665. The van der Waals surface area contributed by atoms with Gasteiger partial charge in [-0.2, -0.15) is 5.10 Å². The van der Waals surface area contributed by atoms with Crippen molar-refractivity contribution in [3.05, 3.63) is 34.3 Å². The third kappa shape index (κ3) is 3.31. The molecule has 1 saturated carbocycles. The molecule has 2 atom stereocenters. The van der Waals surface area contributed by atoms with Gasteiger partial charge in [-0.15, -0.1) is 0 Å². The monoisotopic (exact) mass is 354 g/mol. The molecule has 0 aromatic heterocycles. The lowest BCUT2D eigenvalue weighted by molar-refractivity contribution is -0.123. The van der Waals surface area contributed by atoms with E-state index in [2.05, 4.69) is 10.5 Å². The van der Waals surface area contributed by atoms with Gasteiger partial charge in [0.1, 0.15) is 4.49 Å². The molecule has 7 heteroatoms. The molecule has 5 nitrogen and oxygen atoms in total. The number of amides is 1. The summed E-state index contributed by atoms with van der Waals surface area (Å²) in [5.74, 6) is 1.06. The highest BCUT2D eigenvalue weighted by Gasteiger charge is 2.60. The molecule has 0 spiro atoms. The number of hydrogen-bond donors (Lipinski definition) is 1. The first-order chi connectivity index (χ1) is 10.9. The summed E-state index contributed by atoms with van der Waals surface area (Å²) < 4.78 is 10.7. The fourth-order valence-corrected chi connectivity index (χ4v) is 3.13. The van der Waals surface area contributed by atoms with E-state index in [4.69, 9.17) is 32.7 Å². The van der Waals surface area contributed by atoms with Gasteiger partial charge in [-0.1, -0.05) is 37.0 Å². The topological polar surface area (TPSA) is 59.9 Å². The Morgan fingerprint density at radius 1 is 1.35 bits per heavy atom. The van der Waals surface area contributed by atoms with E-state index in [1.165, 1.54) is 0 Å². The number of allylic oxidation sites excluding steroid dienone is 1. The normalized spacial score (nSPS) is 23.7. The van der Waals surface area contributed by atoms with Gasteiger partial charge >= 0.3 is 0 Å². The van der Waals surface area contributed by atoms with Crippen LogP contribution >= 0.6 is 23.2 Å². The first-order valence-electron chi connectivity index (χ1n) is 7.15. The van der Waals surface area contributed by atoms with Crippen LogP contribution in [0.5, 0.6) is 11.5 Å². The van der Waals surface area contributed by atoms with E-state index >= 15 is 0 Å². The first kappa shape index (κ1) is 16.1. The van der Waals surface area contributed by atoms with Crippen molar-refractivity contribution < 1.29 is 14.3 Å². The van der Waals surface area contributed by atoms with Crippen LogP contribution in [0.2, 0.25) is 0 Å². The van der Waals surface area contributed by atoms with Crippen molar-refractivity contribution in [1.29, 1.82) is 0 Å². The van der Waals surface area contributed by atoms with Crippen LogP contribution in [0.3, 0.4) is 0 Å². The van der Waals surface area contributed by atoms with Crippen molar-refractivity contribution in [2.24, 2.45) is 22.4 Å². The molecule has 2 aliphatic rings. The number of carbonyl (C=O) groups is 1. The minimum atomic E-state index is -0.191. The van der Waals surface area contributed by atoms with Gasteiger partial charge in [0, 0.05) is 0 Å². The zero-order valence-electron chi connectivity index (χ0n) is 12.7. The van der Waals surface area contributed by atoms with E-state index in [0.717, 1.165) is 5.56 Å². The molecule has 1 aromatic carbocycles. The van der Waals surface area contributed by atoms with E-state index in [9.17, 15) is 4.79 Å². The van der Waals surface area contributed by atoms with Gasteiger partial charge in [-0.25, -0.2) is 5.43 Å².